The molecule has 2 heteroatoms. The van der Waals surface area contributed by atoms with Crippen molar-refractivity contribution in [3.63, 3.8) is 0 Å². The quantitative estimate of drug-likeness (QED) is 0.493. The van der Waals surface area contributed by atoms with Crippen LogP contribution in [-0.2, 0) is 4.74 Å². The molecule has 1 aliphatic heterocycles. The third-order valence-electron chi connectivity index (χ3n) is 2.53. The van der Waals surface area contributed by atoms with E-state index in [-0.39, 0.29) is 0 Å². The first-order valence-electron chi connectivity index (χ1n) is 5.37. The first-order chi connectivity index (χ1) is 6.66. The number of hydrogen-bond acceptors (Lipinski definition) is 2. The fourth-order valence-corrected chi connectivity index (χ4v) is 1.99. The van der Waals surface area contributed by atoms with Crippen LogP contribution < -0.4 is 0 Å². The van der Waals surface area contributed by atoms with Crippen LogP contribution in [0.15, 0.2) is 24.5 Å². The zero-order valence-corrected chi connectivity index (χ0v) is 9.49. The van der Waals surface area contributed by atoms with Crippen LogP contribution in [0, 0.1) is 5.92 Å². The smallest absolute Gasteiger partial charge is 0.106 e. The molecule has 0 spiro atoms. The summed E-state index contributed by atoms with van der Waals surface area (Å²) in [5.41, 5.74) is 0. The molecule has 1 atom stereocenters. The molecule has 14 heavy (non-hydrogen) atoms. The van der Waals surface area contributed by atoms with Gasteiger partial charge in [0.2, 0.25) is 0 Å². The van der Waals surface area contributed by atoms with Crippen LogP contribution in [0.25, 0.3) is 0 Å². The van der Waals surface area contributed by atoms with Crippen LogP contribution in [0.5, 0.6) is 0 Å². The number of ether oxygens (including phenoxy) is 1. The highest BCUT2D eigenvalue weighted by atomic mass is 16.5. The summed E-state index contributed by atoms with van der Waals surface area (Å²) < 4.78 is 5.51. The lowest BCUT2D eigenvalue weighted by Crippen LogP contribution is -2.39. The second kappa shape index (κ2) is 5.20. The highest BCUT2D eigenvalue weighted by Crippen LogP contribution is 2.20. The van der Waals surface area contributed by atoms with Gasteiger partial charge in [-0.2, -0.15) is 0 Å². The normalized spacial score (nSPS) is 18.9. The molecule has 2 nitrogen and oxygen atoms in total. The molecule has 0 aliphatic carbocycles. The molecule has 80 valence electrons. The maximum Gasteiger partial charge on any atom is 0.106 e. The van der Waals surface area contributed by atoms with E-state index in [0.717, 1.165) is 18.8 Å². The average molecular weight is 195 g/mol. The van der Waals surface area contributed by atoms with Crippen molar-refractivity contribution in [3.05, 3.63) is 24.5 Å². The molecule has 1 aliphatic rings. The Bertz CT molecular complexity index is 212. The van der Waals surface area contributed by atoms with E-state index in [1.807, 2.05) is 6.92 Å². The standard InChI is InChI=1S/C12H21NO/c1-5-14-11(4)12(10(2)3)13-8-6-7-9-13/h6-7,10,12H,4-5,8-9H2,1-3H3/t12-/m0/s1. The van der Waals surface area contributed by atoms with E-state index in [4.69, 9.17) is 4.74 Å². The lowest BCUT2D eigenvalue weighted by atomic mass is 10.0. The lowest BCUT2D eigenvalue weighted by molar-refractivity contribution is 0.125. The van der Waals surface area contributed by atoms with Gasteiger partial charge in [0.15, 0.2) is 0 Å². The van der Waals surface area contributed by atoms with E-state index in [1.54, 1.807) is 0 Å². The molecule has 0 aromatic heterocycles. The van der Waals surface area contributed by atoms with E-state index in [0.29, 0.717) is 18.6 Å². The summed E-state index contributed by atoms with van der Waals surface area (Å²) in [6, 6.07) is 0.352. The van der Waals surface area contributed by atoms with Gasteiger partial charge in [0.05, 0.1) is 12.6 Å². The molecule has 0 radical (unpaired) electrons. The molecule has 0 saturated carbocycles. The second-order valence-corrected chi connectivity index (χ2v) is 4.01. The summed E-state index contributed by atoms with van der Waals surface area (Å²) >= 11 is 0. The Kier molecular flexibility index (Phi) is 4.21. The number of rotatable bonds is 5. The van der Waals surface area contributed by atoms with Crippen LogP contribution in [-0.4, -0.2) is 30.6 Å². The highest BCUT2D eigenvalue weighted by Gasteiger charge is 2.25. The topological polar surface area (TPSA) is 12.5 Å². The van der Waals surface area contributed by atoms with Gasteiger partial charge in [-0.05, 0) is 12.8 Å². The molecular weight excluding hydrogens is 174 g/mol. The molecular formula is C12H21NO. The summed E-state index contributed by atoms with van der Waals surface area (Å²) in [4.78, 5) is 2.39. The molecule has 0 aromatic carbocycles. The van der Waals surface area contributed by atoms with E-state index < -0.39 is 0 Å². The first-order valence-corrected chi connectivity index (χ1v) is 5.37. The van der Waals surface area contributed by atoms with Gasteiger partial charge in [0, 0.05) is 13.1 Å². The minimum Gasteiger partial charge on any atom is -0.497 e. The van der Waals surface area contributed by atoms with Crippen LogP contribution in [0.2, 0.25) is 0 Å². The molecule has 0 unspecified atom stereocenters. The van der Waals surface area contributed by atoms with Crippen LogP contribution in [0.1, 0.15) is 20.8 Å². The highest BCUT2D eigenvalue weighted by molar-refractivity contribution is 5.06. The van der Waals surface area contributed by atoms with Crippen molar-refractivity contribution in [2.75, 3.05) is 19.7 Å². The Hall–Kier alpha value is -0.760. The minimum absolute atomic E-state index is 0.352. The summed E-state index contributed by atoms with van der Waals surface area (Å²) in [7, 11) is 0. The Morgan fingerprint density at radius 2 is 2.00 bits per heavy atom. The summed E-state index contributed by atoms with van der Waals surface area (Å²) in [6.07, 6.45) is 4.41. The predicted molar refractivity (Wildman–Crippen MR) is 60.1 cm³/mol. The predicted octanol–water partition coefficient (Wildman–Crippen LogP) is 2.43. The van der Waals surface area contributed by atoms with Gasteiger partial charge in [-0.25, -0.2) is 0 Å². The third-order valence-corrected chi connectivity index (χ3v) is 2.53. The van der Waals surface area contributed by atoms with Crippen molar-refractivity contribution in [3.8, 4) is 0 Å². The SMILES string of the molecule is C=C(OCC)[C@H](C(C)C)N1CC=CC1. The molecule has 1 rings (SSSR count). The van der Waals surface area contributed by atoms with Gasteiger partial charge in [0.25, 0.3) is 0 Å². The Balaban J connectivity index is 2.58. The molecule has 0 bridgehead atoms. The number of nitrogens with zero attached hydrogens (tertiary/aromatic N) is 1. The van der Waals surface area contributed by atoms with Crippen LogP contribution in [0.4, 0.5) is 0 Å². The van der Waals surface area contributed by atoms with Crippen LogP contribution >= 0.6 is 0 Å². The zero-order valence-electron chi connectivity index (χ0n) is 9.49. The fourth-order valence-electron chi connectivity index (χ4n) is 1.99. The number of hydrogen-bond donors (Lipinski definition) is 0. The van der Waals surface area contributed by atoms with Gasteiger partial charge in [-0.1, -0.05) is 32.6 Å². The molecule has 0 saturated heterocycles. The van der Waals surface area contributed by atoms with Crippen molar-refractivity contribution in [1.82, 2.24) is 4.90 Å². The van der Waals surface area contributed by atoms with Gasteiger partial charge in [0.1, 0.15) is 5.76 Å². The Labute approximate surface area is 87.2 Å². The average Bonchev–Trinajstić information content (AvgIpc) is 2.57. The fraction of sp³-hybridized carbons (Fsp3) is 0.667. The molecule has 0 amide bonds. The van der Waals surface area contributed by atoms with Crippen molar-refractivity contribution < 1.29 is 4.74 Å². The third kappa shape index (κ3) is 2.61. The maximum absolute atomic E-state index is 5.51. The summed E-state index contributed by atoms with van der Waals surface area (Å²) in [5, 5.41) is 0. The van der Waals surface area contributed by atoms with E-state index in [9.17, 15) is 0 Å². The van der Waals surface area contributed by atoms with Crippen molar-refractivity contribution >= 4 is 0 Å². The van der Waals surface area contributed by atoms with Gasteiger partial charge in [-0.3, -0.25) is 4.90 Å². The Morgan fingerprint density at radius 3 is 2.43 bits per heavy atom. The van der Waals surface area contributed by atoms with E-state index in [1.165, 1.54) is 0 Å². The van der Waals surface area contributed by atoms with E-state index in [2.05, 4.69) is 37.5 Å². The zero-order chi connectivity index (χ0) is 10.6. The largest absolute Gasteiger partial charge is 0.497 e. The van der Waals surface area contributed by atoms with E-state index >= 15 is 0 Å². The van der Waals surface area contributed by atoms with Crippen molar-refractivity contribution in [2.24, 2.45) is 5.92 Å². The van der Waals surface area contributed by atoms with Crippen molar-refractivity contribution in [2.45, 2.75) is 26.8 Å². The van der Waals surface area contributed by atoms with Crippen molar-refractivity contribution in [1.29, 1.82) is 0 Å². The van der Waals surface area contributed by atoms with Gasteiger partial charge < -0.3 is 4.74 Å². The molecule has 0 aromatic rings. The summed E-state index contributed by atoms with van der Waals surface area (Å²) in [5.74, 6) is 1.46. The van der Waals surface area contributed by atoms with Crippen LogP contribution in [0.3, 0.4) is 0 Å². The molecule has 0 N–H and O–H groups in total. The molecule has 0 fully saturated rings. The minimum atomic E-state index is 0.352. The first kappa shape index (κ1) is 11.3. The summed E-state index contributed by atoms with van der Waals surface area (Å²) in [6.45, 7) is 13.2. The lowest BCUT2D eigenvalue weighted by Gasteiger charge is -2.31. The maximum atomic E-state index is 5.51. The monoisotopic (exact) mass is 195 g/mol. The second-order valence-electron chi connectivity index (χ2n) is 4.01. The van der Waals surface area contributed by atoms with Gasteiger partial charge >= 0.3 is 0 Å². The Morgan fingerprint density at radius 1 is 1.43 bits per heavy atom. The molecule has 1 heterocycles. The van der Waals surface area contributed by atoms with Gasteiger partial charge in [-0.15, -0.1) is 0 Å².